The van der Waals surface area contributed by atoms with Crippen molar-refractivity contribution in [1.82, 2.24) is 5.32 Å². The van der Waals surface area contributed by atoms with E-state index in [4.69, 9.17) is 0 Å². The third-order valence-corrected chi connectivity index (χ3v) is 3.91. The smallest absolute Gasteiger partial charge is 0.231 e. The zero-order valence-electron chi connectivity index (χ0n) is 9.55. The van der Waals surface area contributed by atoms with Crippen LogP contribution in [-0.4, -0.2) is 19.0 Å². The highest BCUT2D eigenvalue weighted by Gasteiger charge is 2.43. The number of para-hydroxylation sites is 1. The minimum atomic E-state index is -0.334. The van der Waals surface area contributed by atoms with Crippen molar-refractivity contribution in [3.63, 3.8) is 0 Å². The maximum absolute atomic E-state index is 13.6. The molecule has 0 bridgehead atoms. The van der Waals surface area contributed by atoms with E-state index in [1.165, 1.54) is 6.07 Å². The van der Waals surface area contributed by atoms with Gasteiger partial charge in [0.1, 0.15) is 5.82 Å². The van der Waals surface area contributed by atoms with Crippen molar-refractivity contribution in [3.8, 4) is 0 Å². The quantitative estimate of drug-likeness (QED) is 0.717. The van der Waals surface area contributed by atoms with Crippen molar-refractivity contribution >= 4 is 11.6 Å². The lowest BCUT2D eigenvalue weighted by atomic mass is 9.71. The van der Waals surface area contributed by atoms with Crippen LogP contribution in [-0.2, 0) is 11.2 Å². The summed E-state index contributed by atoms with van der Waals surface area (Å²) in [6, 6.07) is 5.00. The van der Waals surface area contributed by atoms with Crippen LogP contribution in [0.25, 0.3) is 0 Å². The van der Waals surface area contributed by atoms with Crippen LogP contribution in [0.3, 0.4) is 0 Å². The van der Waals surface area contributed by atoms with Crippen LogP contribution in [0.5, 0.6) is 0 Å². The number of halogens is 1. The molecule has 0 aliphatic carbocycles. The monoisotopic (exact) mass is 234 g/mol. The summed E-state index contributed by atoms with van der Waals surface area (Å²) in [7, 11) is 0. The van der Waals surface area contributed by atoms with Crippen molar-refractivity contribution in [3.05, 3.63) is 29.6 Å². The Kier molecular flexibility index (Phi) is 2.40. The van der Waals surface area contributed by atoms with Crippen LogP contribution < -0.4 is 10.6 Å². The van der Waals surface area contributed by atoms with E-state index in [9.17, 15) is 9.18 Å². The van der Waals surface area contributed by atoms with Gasteiger partial charge in [-0.15, -0.1) is 0 Å². The summed E-state index contributed by atoms with van der Waals surface area (Å²) in [5, 5.41) is 6.01. The maximum Gasteiger partial charge on any atom is 0.231 e. The summed E-state index contributed by atoms with van der Waals surface area (Å²) in [6.07, 6.45) is 2.32. The van der Waals surface area contributed by atoms with Gasteiger partial charge in [-0.2, -0.15) is 0 Å². The lowest BCUT2D eigenvalue weighted by molar-refractivity contribution is -0.127. The van der Waals surface area contributed by atoms with Gasteiger partial charge in [-0.05, 0) is 44.0 Å². The molecule has 2 N–H and O–H groups in total. The summed E-state index contributed by atoms with van der Waals surface area (Å²) in [6.45, 7) is 1.72. The number of fused-ring (bicyclic) bond motifs is 1. The molecular weight excluding hydrogens is 219 g/mol. The molecule has 0 unspecified atom stereocenters. The van der Waals surface area contributed by atoms with Crippen LogP contribution >= 0.6 is 0 Å². The minimum Gasteiger partial charge on any atom is -0.323 e. The van der Waals surface area contributed by atoms with E-state index in [-0.39, 0.29) is 17.1 Å². The number of carbonyl (C=O) groups is 1. The molecule has 0 aromatic heterocycles. The van der Waals surface area contributed by atoms with Crippen LogP contribution in [0.4, 0.5) is 10.1 Å². The molecule has 1 saturated heterocycles. The van der Waals surface area contributed by atoms with E-state index < -0.39 is 0 Å². The normalized spacial score (nSPS) is 22.1. The number of rotatable bonds is 0. The summed E-state index contributed by atoms with van der Waals surface area (Å²) < 4.78 is 13.6. The van der Waals surface area contributed by atoms with Crippen molar-refractivity contribution in [1.29, 1.82) is 0 Å². The molecule has 2 heterocycles. The van der Waals surface area contributed by atoms with Crippen LogP contribution in [0, 0.1) is 11.2 Å². The average molecular weight is 234 g/mol. The predicted molar refractivity (Wildman–Crippen MR) is 63.3 cm³/mol. The van der Waals surface area contributed by atoms with Gasteiger partial charge >= 0.3 is 0 Å². The molecule has 4 heteroatoms. The van der Waals surface area contributed by atoms with Gasteiger partial charge in [0.2, 0.25) is 5.91 Å². The first-order chi connectivity index (χ1) is 8.21. The Bertz CT molecular complexity index is 466. The van der Waals surface area contributed by atoms with E-state index in [0.717, 1.165) is 31.5 Å². The first-order valence-electron chi connectivity index (χ1n) is 6.01. The largest absolute Gasteiger partial charge is 0.323 e. The lowest BCUT2D eigenvalue weighted by Gasteiger charge is -2.40. The number of carbonyl (C=O) groups excluding carboxylic acids is 1. The Hall–Kier alpha value is -1.42. The Morgan fingerprint density at radius 3 is 2.76 bits per heavy atom. The third-order valence-electron chi connectivity index (χ3n) is 3.91. The second kappa shape index (κ2) is 3.81. The second-order valence-electron chi connectivity index (χ2n) is 4.94. The van der Waals surface area contributed by atoms with Crippen molar-refractivity contribution in [2.75, 3.05) is 18.4 Å². The molecule has 17 heavy (non-hydrogen) atoms. The number of anilines is 1. The van der Waals surface area contributed by atoms with E-state index >= 15 is 0 Å². The summed E-state index contributed by atoms with van der Waals surface area (Å²) in [5.74, 6) is -0.351. The second-order valence-corrected chi connectivity index (χ2v) is 4.94. The molecule has 0 saturated carbocycles. The number of nitrogens with one attached hydrogen (secondary N) is 2. The van der Waals surface area contributed by atoms with Gasteiger partial charge in [0, 0.05) is 0 Å². The lowest BCUT2D eigenvalue weighted by Crippen LogP contribution is -2.48. The SMILES string of the molecule is O=C1Nc2c(F)cccc2CC12CCNCC2. The molecule has 1 fully saturated rings. The molecule has 2 aliphatic heterocycles. The molecule has 0 atom stereocenters. The number of benzene rings is 1. The van der Waals surface area contributed by atoms with E-state index in [1.54, 1.807) is 6.07 Å². The number of amides is 1. The summed E-state index contributed by atoms with van der Waals surface area (Å²) in [4.78, 5) is 12.2. The first-order valence-corrected chi connectivity index (χ1v) is 6.01. The fourth-order valence-electron chi connectivity index (χ4n) is 2.86. The van der Waals surface area contributed by atoms with Gasteiger partial charge in [-0.1, -0.05) is 12.1 Å². The molecule has 3 rings (SSSR count). The van der Waals surface area contributed by atoms with Crippen molar-refractivity contribution < 1.29 is 9.18 Å². The molecule has 1 aromatic rings. The van der Waals surface area contributed by atoms with Gasteiger partial charge in [0.15, 0.2) is 0 Å². The molecule has 3 nitrogen and oxygen atoms in total. The molecule has 0 radical (unpaired) electrons. The Balaban J connectivity index is 2.00. The zero-order chi connectivity index (χ0) is 11.9. The van der Waals surface area contributed by atoms with Gasteiger partial charge in [0.05, 0.1) is 11.1 Å². The van der Waals surface area contributed by atoms with Gasteiger partial charge < -0.3 is 10.6 Å². The predicted octanol–water partition coefficient (Wildman–Crippen LogP) is 1.69. The number of hydrogen-bond donors (Lipinski definition) is 2. The standard InChI is InChI=1S/C13H15FN2O/c14-10-3-1-2-9-8-13(4-6-15-7-5-13)12(17)16-11(9)10/h1-3,15H,4-8H2,(H,16,17). The van der Waals surface area contributed by atoms with E-state index in [0.29, 0.717) is 12.1 Å². The molecular formula is C13H15FN2O. The molecule has 1 amide bonds. The maximum atomic E-state index is 13.6. The highest BCUT2D eigenvalue weighted by Crippen LogP contribution is 2.40. The fraction of sp³-hybridized carbons (Fsp3) is 0.462. The number of hydrogen-bond acceptors (Lipinski definition) is 2. The average Bonchev–Trinajstić information content (AvgIpc) is 2.33. The zero-order valence-corrected chi connectivity index (χ0v) is 9.55. The molecule has 1 aromatic carbocycles. The van der Waals surface area contributed by atoms with Crippen molar-refractivity contribution in [2.45, 2.75) is 19.3 Å². The number of piperidine rings is 1. The summed E-state index contributed by atoms with van der Waals surface area (Å²) >= 11 is 0. The Morgan fingerprint density at radius 2 is 2.00 bits per heavy atom. The van der Waals surface area contributed by atoms with Gasteiger partial charge in [-0.25, -0.2) is 4.39 Å². The van der Waals surface area contributed by atoms with E-state index in [1.807, 2.05) is 6.07 Å². The third kappa shape index (κ3) is 1.63. The van der Waals surface area contributed by atoms with Gasteiger partial charge in [-0.3, -0.25) is 4.79 Å². The molecule has 2 aliphatic rings. The highest BCUT2D eigenvalue weighted by molar-refractivity contribution is 5.98. The topological polar surface area (TPSA) is 41.1 Å². The van der Waals surface area contributed by atoms with Crippen molar-refractivity contribution in [2.24, 2.45) is 5.41 Å². The summed E-state index contributed by atoms with van der Waals surface area (Å²) in [5.41, 5.74) is 0.972. The van der Waals surface area contributed by atoms with Crippen LogP contribution in [0.15, 0.2) is 18.2 Å². The van der Waals surface area contributed by atoms with E-state index in [2.05, 4.69) is 10.6 Å². The van der Waals surface area contributed by atoms with Crippen LogP contribution in [0.1, 0.15) is 18.4 Å². The van der Waals surface area contributed by atoms with Gasteiger partial charge in [0.25, 0.3) is 0 Å². The highest BCUT2D eigenvalue weighted by atomic mass is 19.1. The minimum absolute atomic E-state index is 0.0170. The fourth-order valence-corrected chi connectivity index (χ4v) is 2.86. The molecule has 90 valence electrons. The van der Waals surface area contributed by atoms with Crippen LogP contribution in [0.2, 0.25) is 0 Å². The Labute approximate surface area is 99.4 Å². The molecule has 1 spiro atoms. The first kappa shape index (κ1) is 10.7. The Morgan fingerprint density at radius 1 is 1.24 bits per heavy atom.